The van der Waals surface area contributed by atoms with Crippen LogP contribution in [-0.2, 0) is 11.3 Å². The number of aromatic nitrogens is 2. The van der Waals surface area contributed by atoms with E-state index >= 15 is 0 Å². The van der Waals surface area contributed by atoms with Gasteiger partial charge < -0.3 is 19.0 Å². The molecular formula is C18H17N3O4. The van der Waals surface area contributed by atoms with E-state index in [4.69, 9.17) is 4.42 Å². The Labute approximate surface area is 144 Å². The van der Waals surface area contributed by atoms with E-state index in [1.54, 1.807) is 12.3 Å². The fourth-order valence-corrected chi connectivity index (χ4v) is 2.43. The first-order valence-electron chi connectivity index (χ1n) is 7.72. The van der Waals surface area contributed by atoms with Crippen molar-refractivity contribution in [3.05, 3.63) is 60.3 Å². The second-order valence-electron chi connectivity index (χ2n) is 5.26. The molecule has 0 saturated heterocycles. The molecule has 1 aromatic carbocycles. The minimum absolute atomic E-state index is 0.0286. The van der Waals surface area contributed by atoms with Crippen molar-refractivity contribution in [2.75, 3.05) is 12.4 Å². The van der Waals surface area contributed by atoms with Crippen molar-refractivity contribution in [3.8, 4) is 11.4 Å². The predicted octanol–water partition coefficient (Wildman–Crippen LogP) is 3.20. The normalized spacial score (nSPS) is 10.5. The quantitative estimate of drug-likeness (QED) is 0.721. The van der Waals surface area contributed by atoms with E-state index in [1.807, 2.05) is 35.9 Å². The maximum Gasteiger partial charge on any atom is 0.341 e. The number of amides is 1. The average Bonchev–Trinajstić information content (AvgIpc) is 3.30. The van der Waals surface area contributed by atoms with Crippen LogP contribution in [-0.4, -0.2) is 28.5 Å². The number of benzene rings is 1. The number of carbonyl (C=O) groups is 2. The van der Waals surface area contributed by atoms with Crippen LogP contribution in [0, 0.1) is 0 Å². The number of hydrogen-bond donors (Lipinski definition) is 1. The summed E-state index contributed by atoms with van der Waals surface area (Å²) in [5.74, 6) is -0.159. The number of nitrogens with one attached hydrogen (secondary N) is 1. The van der Waals surface area contributed by atoms with Gasteiger partial charge in [0.05, 0.1) is 12.7 Å². The number of nitrogens with zero attached hydrogens (tertiary/aromatic N) is 2. The van der Waals surface area contributed by atoms with Crippen molar-refractivity contribution in [2.45, 2.75) is 13.5 Å². The van der Waals surface area contributed by atoms with Gasteiger partial charge in [0.25, 0.3) is 5.91 Å². The lowest BCUT2D eigenvalue weighted by molar-refractivity contribution is 0.0600. The molecule has 0 fully saturated rings. The summed E-state index contributed by atoms with van der Waals surface area (Å²) in [6.45, 7) is 2.83. The summed E-state index contributed by atoms with van der Waals surface area (Å²) < 4.78 is 11.7. The van der Waals surface area contributed by atoms with E-state index in [2.05, 4.69) is 15.0 Å². The number of anilines is 1. The molecule has 0 aliphatic heterocycles. The van der Waals surface area contributed by atoms with Crippen LogP contribution in [0.15, 0.2) is 53.4 Å². The molecule has 128 valence electrons. The van der Waals surface area contributed by atoms with E-state index in [9.17, 15) is 9.59 Å². The number of ether oxygens (including phenoxy) is 1. The molecule has 0 saturated carbocycles. The molecule has 0 bridgehead atoms. The van der Waals surface area contributed by atoms with Crippen LogP contribution >= 0.6 is 0 Å². The van der Waals surface area contributed by atoms with E-state index in [0.29, 0.717) is 5.69 Å². The molecule has 0 spiro atoms. The van der Waals surface area contributed by atoms with Crippen molar-refractivity contribution < 1.29 is 18.7 Å². The third-order valence-corrected chi connectivity index (χ3v) is 3.68. The summed E-state index contributed by atoms with van der Waals surface area (Å²) in [4.78, 5) is 28.1. The Bertz CT molecular complexity index is 910. The highest BCUT2D eigenvalue weighted by atomic mass is 16.5. The monoisotopic (exact) mass is 339 g/mol. The molecule has 2 aromatic heterocycles. The lowest BCUT2D eigenvalue weighted by Crippen LogP contribution is -2.11. The van der Waals surface area contributed by atoms with E-state index in [0.717, 1.165) is 17.9 Å². The molecule has 3 aromatic rings. The summed E-state index contributed by atoms with van der Waals surface area (Å²) in [5, 5.41) is 2.75. The number of hydrogen-bond acceptors (Lipinski definition) is 5. The maximum atomic E-state index is 12.3. The van der Waals surface area contributed by atoms with Crippen molar-refractivity contribution in [3.63, 3.8) is 0 Å². The van der Waals surface area contributed by atoms with Crippen LogP contribution in [0.4, 0.5) is 5.69 Å². The van der Waals surface area contributed by atoms with E-state index in [-0.39, 0.29) is 11.3 Å². The second kappa shape index (κ2) is 7.04. The number of rotatable bonds is 5. The molecule has 3 rings (SSSR count). The topological polar surface area (TPSA) is 86.4 Å². The highest BCUT2D eigenvalue weighted by molar-refractivity contribution is 6.04. The van der Waals surface area contributed by atoms with Crippen molar-refractivity contribution in [1.29, 1.82) is 0 Å². The number of imidazole rings is 1. The Balaban J connectivity index is 1.79. The van der Waals surface area contributed by atoms with E-state index in [1.165, 1.54) is 19.4 Å². The molecule has 2 heterocycles. The standard InChI is InChI=1S/C18H17N3O4/c1-3-21-8-7-19-16(21)12-5-4-6-14(9-12)20-17(22)15-10-13(11-25-15)18(23)24-2/h4-11H,3H2,1-2H3,(H,20,22). The van der Waals surface area contributed by atoms with Gasteiger partial charge in [-0.05, 0) is 19.1 Å². The van der Waals surface area contributed by atoms with Gasteiger partial charge in [-0.2, -0.15) is 0 Å². The molecule has 0 radical (unpaired) electrons. The smallest absolute Gasteiger partial charge is 0.341 e. The van der Waals surface area contributed by atoms with Crippen molar-refractivity contribution in [1.82, 2.24) is 9.55 Å². The van der Waals surface area contributed by atoms with Crippen LogP contribution in [0.5, 0.6) is 0 Å². The molecule has 1 N–H and O–H groups in total. The van der Waals surface area contributed by atoms with Gasteiger partial charge in [0.1, 0.15) is 12.1 Å². The molecule has 0 aliphatic rings. The Morgan fingerprint density at radius 3 is 2.92 bits per heavy atom. The van der Waals surface area contributed by atoms with Gasteiger partial charge in [-0.3, -0.25) is 4.79 Å². The number of esters is 1. The molecule has 7 nitrogen and oxygen atoms in total. The summed E-state index contributed by atoms with van der Waals surface area (Å²) in [6.07, 6.45) is 4.83. The Hall–Kier alpha value is -3.35. The number of furan rings is 1. The highest BCUT2D eigenvalue weighted by Crippen LogP contribution is 2.22. The van der Waals surface area contributed by atoms with Crippen LogP contribution in [0.25, 0.3) is 11.4 Å². The Morgan fingerprint density at radius 1 is 1.32 bits per heavy atom. The van der Waals surface area contributed by atoms with Gasteiger partial charge in [-0.25, -0.2) is 9.78 Å². The van der Waals surface area contributed by atoms with Crippen LogP contribution in [0.1, 0.15) is 27.8 Å². The summed E-state index contributed by atoms with van der Waals surface area (Å²) in [6, 6.07) is 8.70. The minimum Gasteiger partial charge on any atom is -0.465 e. The molecule has 0 atom stereocenters. The van der Waals surface area contributed by atoms with Gasteiger partial charge in [0, 0.05) is 36.3 Å². The third-order valence-electron chi connectivity index (χ3n) is 3.68. The lowest BCUT2D eigenvalue weighted by Gasteiger charge is -2.08. The van der Waals surface area contributed by atoms with Gasteiger partial charge in [0.2, 0.25) is 0 Å². The number of aryl methyl sites for hydroxylation is 1. The summed E-state index contributed by atoms with van der Waals surface area (Å²) >= 11 is 0. The largest absolute Gasteiger partial charge is 0.465 e. The zero-order chi connectivity index (χ0) is 17.8. The van der Waals surface area contributed by atoms with Crippen LogP contribution < -0.4 is 5.32 Å². The summed E-state index contributed by atoms with van der Waals surface area (Å²) in [7, 11) is 1.26. The first kappa shape index (κ1) is 16.5. The van der Waals surface area contributed by atoms with E-state index < -0.39 is 11.9 Å². The molecule has 0 unspecified atom stereocenters. The molecule has 1 amide bonds. The summed E-state index contributed by atoms with van der Waals surface area (Å²) in [5.41, 5.74) is 1.68. The maximum absolute atomic E-state index is 12.3. The fraction of sp³-hybridized carbons (Fsp3) is 0.167. The van der Waals surface area contributed by atoms with Crippen molar-refractivity contribution in [2.24, 2.45) is 0 Å². The van der Waals surface area contributed by atoms with Gasteiger partial charge in [-0.15, -0.1) is 0 Å². The number of carbonyl (C=O) groups excluding carboxylic acids is 2. The SMILES string of the molecule is CCn1ccnc1-c1cccc(NC(=O)c2cc(C(=O)OC)co2)c1. The lowest BCUT2D eigenvalue weighted by atomic mass is 10.2. The molecule has 7 heteroatoms. The minimum atomic E-state index is -0.559. The predicted molar refractivity (Wildman–Crippen MR) is 91.3 cm³/mol. The van der Waals surface area contributed by atoms with Gasteiger partial charge >= 0.3 is 5.97 Å². The zero-order valence-electron chi connectivity index (χ0n) is 13.9. The molecule has 0 aliphatic carbocycles. The zero-order valence-corrected chi connectivity index (χ0v) is 13.9. The van der Waals surface area contributed by atoms with Gasteiger partial charge in [-0.1, -0.05) is 12.1 Å². The Morgan fingerprint density at radius 2 is 2.16 bits per heavy atom. The molecule has 25 heavy (non-hydrogen) atoms. The second-order valence-corrected chi connectivity index (χ2v) is 5.26. The highest BCUT2D eigenvalue weighted by Gasteiger charge is 2.16. The average molecular weight is 339 g/mol. The number of methoxy groups -OCH3 is 1. The Kier molecular flexibility index (Phi) is 4.65. The first-order valence-corrected chi connectivity index (χ1v) is 7.72. The van der Waals surface area contributed by atoms with Gasteiger partial charge in [0.15, 0.2) is 5.76 Å². The van der Waals surface area contributed by atoms with Crippen LogP contribution in [0.3, 0.4) is 0 Å². The first-order chi connectivity index (χ1) is 12.1. The molecular weight excluding hydrogens is 322 g/mol. The van der Waals surface area contributed by atoms with Crippen LogP contribution in [0.2, 0.25) is 0 Å². The fourth-order valence-electron chi connectivity index (χ4n) is 2.43. The third kappa shape index (κ3) is 3.45. The van der Waals surface area contributed by atoms with Crippen molar-refractivity contribution >= 4 is 17.6 Å².